The van der Waals surface area contributed by atoms with Crippen molar-refractivity contribution in [2.24, 2.45) is 0 Å². The predicted molar refractivity (Wildman–Crippen MR) is 181 cm³/mol. The molecule has 0 saturated carbocycles. The summed E-state index contributed by atoms with van der Waals surface area (Å²) in [5, 5.41) is 10.8. The van der Waals surface area contributed by atoms with E-state index in [1.54, 1.807) is 22.8 Å². The van der Waals surface area contributed by atoms with Gasteiger partial charge in [-0.1, -0.05) is 24.3 Å². The van der Waals surface area contributed by atoms with Gasteiger partial charge in [0.15, 0.2) is 11.6 Å². The molecule has 49 heavy (non-hydrogen) atoms. The van der Waals surface area contributed by atoms with Crippen molar-refractivity contribution in [3.8, 4) is 11.6 Å². The van der Waals surface area contributed by atoms with Crippen LogP contribution in [0.25, 0.3) is 5.69 Å². The Labute approximate surface area is 286 Å². The Morgan fingerprint density at radius 1 is 0.939 bits per heavy atom. The second-order valence-corrected chi connectivity index (χ2v) is 13.4. The molecule has 2 fully saturated rings. The lowest BCUT2D eigenvalue weighted by molar-refractivity contribution is 0.0136. The van der Waals surface area contributed by atoms with Crippen LogP contribution in [0.1, 0.15) is 37.8 Å². The molecule has 2 saturated heterocycles. The Balaban J connectivity index is 1.24. The lowest BCUT2D eigenvalue weighted by Gasteiger charge is -2.35. The first-order valence-corrected chi connectivity index (χ1v) is 16.6. The number of aromatic nitrogens is 2. The zero-order valence-electron chi connectivity index (χ0n) is 28.9. The number of benzene rings is 2. The lowest BCUT2D eigenvalue weighted by atomic mass is 9.94. The van der Waals surface area contributed by atoms with Gasteiger partial charge >= 0.3 is 12.1 Å². The number of halogens is 2. The Hall–Kier alpha value is -4.27. The van der Waals surface area contributed by atoms with Crippen LogP contribution in [0.4, 0.5) is 24.2 Å². The van der Waals surface area contributed by atoms with Crippen LogP contribution in [0, 0.1) is 18.6 Å². The van der Waals surface area contributed by atoms with E-state index in [4.69, 9.17) is 19.3 Å². The van der Waals surface area contributed by atoms with Crippen molar-refractivity contribution in [1.82, 2.24) is 29.8 Å². The van der Waals surface area contributed by atoms with E-state index in [0.29, 0.717) is 88.4 Å². The standard InChI is InChI=1S/C35H47F2N7O5/c1-24-31(39-33(45)38-30-23-42(17-19-47-5)22-27(30)25-11-12-28(36)29(37)21-25)44(26-9-7-6-8-10-26)40-32(24)48-20-18-41-13-15-43(16-14-41)34(46)49-35(2,3)4/h6-12,21,27,30H,13-20,22-23H2,1-5H3,(H2,38,39,45)/t27-,30+/m0/s1. The van der Waals surface area contributed by atoms with Crippen molar-refractivity contribution in [2.75, 3.05) is 78.0 Å². The second kappa shape index (κ2) is 16.0. The quantitative estimate of drug-likeness (QED) is 0.301. The molecule has 0 spiro atoms. The molecule has 2 N–H and O–H groups in total. The third-order valence-electron chi connectivity index (χ3n) is 8.68. The summed E-state index contributed by atoms with van der Waals surface area (Å²) >= 11 is 0. The predicted octanol–water partition coefficient (Wildman–Crippen LogP) is 4.63. The molecule has 2 aromatic carbocycles. The summed E-state index contributed by atoms with van der Waals surface area (Å²) in [6.45, 7) is 13.1. The molecule has 0 radical (unpaired) electrons. The minimum absolute atomic E-state index is 0.261. The third kappa shape index (κ3) is 9.46. The van der Waals surface area contributed by atoms with Crippen molar-refractivity contribution >= 4 is 17.9 Å². The van der Waals surface area contributed by atoms with E-state index in [1.165, 1.54) is 6.07 Å². The van der Waals surface area contributed by atoms with Crippen LogP contribution in [0.2, 0.25) is 0 Å². The van der Waals surface area contributed by atoms with Crippen LogP contribution in [0.15, 0.2) is 48.5 Å². The van der Waals surface area contributed by atoms with Crippen LogP contribution in [0.5, 0.6) is 5.88 Å². The topological polar surface area (TPSA) is 113 Å². The molecule has 0 bridgehead atoms. The van der Waals surface area contributed by atoms with E-state index in [2.05, 4.69) is 20.4 Å². The minimum atomic E-state index is -0.922. The fourth-order valence-electron chi connectivity index (χ4n) is 6.10. The Morgan fingerprint density at radius 3 is 2.33 bits per heavy atom. The van der Waals surface area contributed by atoms with Gasteiger partial charge in [-0.2, -0.15) is 0 Å². The van der Waals surface area contributed by atoms with Gasteiger partial charge in [-0.3, -0.25) is 15.1 Å². The number of para-hydroxylation sites is 1. The highest BCUT2D eigenvalue weighted by molar-refractivity contribution is 5.90. The molecule has 3 amide bonds. The van der Waals surface area contributed by atoms with Crippen molar-refractivity contribution in [2.45, 2.75) is 45.3 Å². The summed E-state index contributed by atoms with van der Waals surface area (Å²) in [4.78, 5) is 32.1. The zero-order valence-corrected chi connectivity index (χ0v) is 28.9. The molecule has 266 valence electrons. The van der Waals surface area contributed by atoms with Crippen molar-refractivity contribution in [1.29, 1.82) is 0 Å². The van der Waals surface area contributed by atoms with Gasteiger partial charge in [-0.05, 0) is 57.5 Å². The van der Waals surface area contributed by atoms with Crippen molar-refractivity contribution in [3.63, 3.8) is 0 Å². The fourth-order valence-corrected chi connectivity index (χ4v) is 6.10. The van der Waals surface area contributed by atoms with Gasteiger partial charge in [0.25, 0.3) is 0 Å². The van der Waals surface area contributed by atoms with Crippen LogP contribution < -0.4 is 15.4 Å². The van der Waals surface area contributed by atoms with Gasteiger partial charge in [0.05, 0.1) is 23.9 Å². The Morgan fingerprint density at radius 2 is 1.65 bits per heavy atom. The smallest absolute Gasteiger partial charge is 0.410 e. The lowest BCUT2D eigenvalue weighted by Crippen LogP contribution is -2.50. The van der Waals surface area contributed by atoms with E-state index >= 15 is 0 Å². The maximum absolute atomic E-state index is 14.2. The SMILES string of the molecule is COCCN1C[C@@H](NC(=O)Nc2c(C)c(OCCN3CCN(C(=O)OC(C)(C)C)CC3)nn2-c2ccccc2)[C@H](c2ccc(F)c(F)c2)C1. The van der Waals surface area contributed by atoms with Crippen LogP contribution in [-0.2, 0) is 9.47 Å². The monoisotopic (exact) mass is 683 g/mol. The third-order valence-corrected chi connectivity index (χ3v) is 8.68. The number of urea groups is 1. The molecule has 1 aromatic heterocycles. The molecule has 14 heteroatoms. The number of likely N-dealkylation sites (tertiary alicyclic amines) is 1. The average molecular weight is 684 g/mol. The normalized spacial score (nSPS) is 18.8. The minimum Gasteiger partial charge on any atom is -0.475 e. The van der Waals surface area contributed by atoms with E-state index in [1.807, 2.05) is 58.0 Å². The van der Waals surface area contributed by atoms with Gasteiger partial charge < -0.3 is 24.4 Å². The summed E-state index contributed by atoms with van der Waals surface area (Å²) in [6.07, 6.45) is -0.300. The molecule has 12 nitrogen and oxygen atoms in total. The first-order chi connectivity index (χ1) is 23.4. The number of hydrogen-bond acceptors (Lipinski definition) is 8. The number of carbonyl (C=O) groups is 2. The fraction of sp³-hybridized carbons (Fsp3) is 0.514. The summed E-state index contributed by atoms with van der Waals surface area (Å²) in [5.41, 5.74) is 1.46. The molecule has 2 aliphatic rings. The zero-order chi connectivity index (χ0) is 35.1. The molecule has 5 rings (SSSR count). The number of hydrogen-bond donors (Lipinski definition) is 2. The van der Waals surface area contributed by atoms with Gasteiger partial charge in [0, 0.05) is 65.4 Å². The van der Waals surface area contributed by atoms with Gasteiger partial charge in [-0.15, -0.1) is 5.10 Å². The Kier molecular flexibility index (Phi) is 11.7. The number of methoxy groups -OCH3 is 1. The molecule has 2 aliphatic heterocycles. The summed E-state index contributed by atoms with van der Waals surface area (Å²) in [5.74, 6) is -1.26. The number of anilines is 1. The number of ether oxygens (including phenoxy) is 3. The maximum atomic E-state index is 14.2. The summed E-state index contributed by atoms with van der Waals surface area (Å²) in [6, 6.07) is 12.5. The van der Waals surface area contributed by atoms with E-state index in [9.17, 15) is 18.4 Å². The average Bonchev–Trinajstić information content (AvgIpc) is 3.61. The number of carbonyl (C=O) groups excluding carboxylic acids is 2. The molecular weight excluding hydrogens is 636 g/mol. The number of amides is 3. The molecule has 3 aromatic rings. The number of piperazine rings is 1. The van der Waals surface area contributed by atoms with Gasteiger partial charge in [0.1, 0.15) is 18.0 Å². The molecule has 0 aliphatic carbocycles. The van der Waals surface area contributed by atoms with Gasteiger partial charge in [-0.25, -0.2) is 23.1 Å². The first-order valence-electron chi connectivity index (χ1n) is 16.6. The van der Waals surface area contributed by atoms with E-state index in [0.717, 1.165) is 11.8 Å². The van der Waals surface area contributed by atoms with Crippen LogP contribution in [-0.4, -0.2) is 121 Å². The largest absolute Gasteiger partial charge is 0.475 e. The van der Waals surface area contributed by atoms with Crippen molar-refractivity contribution < 1.29 is 32.6 Å². The highest BCUT2D eigenvalue weighted by Crippen LogP contribution is 2.31. The Bertz CT molecular complexity index is 1570. The number of nitrogens with zero attached hydrogens (tertiary/aromatic N) is 5. The van der Waals surface area contributed by atoms with Crippen LogP contribution in [0.3, 0.4) is 0 Å². The molecular formula is C35H47F2N7O5. The van der Waals surface area contributed by atoms with Crippen molar-refractivity contribution in [3.05, 3.63) is 71.3 Å². The molecule has 2 atom stereocenters. The van der Waals surface area contributed by atoms with Gasteiger partial charge in [0.2, 0.25) is 5.88 Å². The summed E-state index contributed by atoms with van der Waals surface area (Å²) < 4.78 is 46.5. The number of nitrogens with one attached hydrogen (secondary N) is 2. The first kappa shape index (κ1) is 36.0. The maximum Gasteiger partial charge on any atom is 0.410 e. The second-order valence-electron chi connectivity index (χ2n) is 13.4. The summed E-state index contributed by atoms with van der Waals surface area (Å²) in [7, 11) is 1.62. The molecule has 0 unspecified atom stereocenters. The highest BCUT2D eigenvalue weighted by atomic mass is 19.2. The number of rotatable bonds is 11. The molecule has 3 heterocycles. The van der Waals surface area contributed by atoms with E-state index in [-0.39, 0.29) is 18.1 Å². The highest BCUT2D eigenvalue weighted by Gasteiger charge is 2.35. The van der Waals surface area contributed by atoms with E-state index < -0.39 is 23.3 Å². The van der Waals surface area contributed by atoms with Crippen LogP contribution >= 0.6 is 0 Å².